The van der Waals surface area contributed by atoms with E-state index in [4.69, 9.17) is 0 Å². The first-order chi connectivity index (χ1) is 7.18. The van der Waals surface area contributed by atoms with Crippen molar-refractivity contribution in [2.45, 2.75) is 12.5 Å². The Kier molecular flexibility index (Phi) is 2.37. The lowest BCUT2D eigenvalue weighted by atomic mass is 10.0. The van der Waals surface area contributed by atoms with Crippen molar-refractivity contribution in [3.8, 4) is 0 Å². The summed E-state index contributed by atoms with van der Waals surface area (Å²) in [7, 11) is 0. The van der Waals surface area contributed by atoms with E-state index in [1.807, 2.05) is 0 Å². The molecular weight excluding hydrogens is 201 g/mol. The molecule has 1 aliphatic rings. The summed E-state index contributed by atoms with van der Waals surface area (Å²) in [4.78, 5) is 15.1. The molecule has 2 rings (SSSR count). The van der Waals surface area contributed by atoms with Crippen molar-refractivity contribution < 1.29 is 19.1 Å². The van der Waals surface area contributed by atoms with Gasteiger partial charge in [-0.05, 0) is 6.07 Å². The zero-order valence-corrected chi connectivity index (χ0v) is 7.64. The lowest BCUT2D eigenvalue weighted by Crippen LogP contribution is -2.35. The molecule has 0 amide bonds. The second-order valence-corrected chi connectivity index (χ2v) is 3.14. The van der Waals surface area contributed by atoms with E-state index in [9.17, 15) is 14.3 Å². The summed E-state index contributed by atoms with van der Waals surface area (Å²) in [6.45, 7) is 0. The SMILES string of the molecule is O=C([O-])[C@H]1CC(c2ccccc2F)=NO1. The Labute approximate surface area is 85.0 Å². The number of halogens is 1. The maximum atomic E-state index is 13.3. The molecular formula is C10H7FNO3-. The summed E-state index contributed by atoms with van der Waals surface area (Å²) in [6.07, 6.45) is -1.08. The summed E-state index contributed by atoms with van der Waals surface area (Å²) < 4.78 is 13.3. The van der Waals surface area contributed by atoms with Gasteiger partial charge in [0.1, 0.15) is 5.82 Å². The second kappa shape index (κ2) is 3.68. The van der Waals surface area contributed by atoms with E-state index in [2.05, 4.69) is 9.99 Å². The number of aliphatic carboxylic acids is 1. The van der Waals surface area contributed by atoms with E-state index in [0.29, 0.717) is 5.71 Å². The van der Waals surface area contributed by atoms with Gasteiger partial charge < -0.3 is 14.7 Å². The monoisotopic (exact) mass is 208 g/mol. The third-order valence-corrected chi connectivity index (χ3v) is 2.12. The Morgan fingerprint density at radius 3 is 2.87 bits per heavy atom. The molecule has 0 radical (unpaired) electrons. The van der Waals surface area contributed by atoms with Crippen molar-refractivity contribution in [3.63, 3.8) is 0 Å². The normalized spacial score (nSPS) is 19.5. The number of carboxylic acid groups (broad SMARTS) is 1. The van der Waals surface area contributed by atoms with Gasteiger partial charge in [-0.2, -0.15) is 0 Å². The van der Waals surface area contributed by atoms with Crippen LogP contribution >= 0.6 is 0 Å². The number of hydrogen-bond acceptors (Lipinski definition) is 4. The van der Waals surface area contributed by atoms with Gasteiger partial charge in [0.15, 0.2) is 6.10 Å². The molecule has 4 nitrogen and oxygen atoms in total. The number of oxime groups is 1. The zero-order valence-electron chi connectivity index (χ0n) is 7.64. The third kappa shape index (κ3) is 1.81. The van der Waals surface area contributed by atoms with E-state index < -0.39 is 17.9 Å². The van der Waals surface area contributed by atoms with Crippen LogP contribution in [0.4, 0.5) is 4.39 Å². The average molecular weight is 208 g/mol. The predicted molar refractivity (Wildman–Crippen MR) is 47.4 cm³/mol. The molecule has 0 saturated carbocycles. The van der Waals surface area contributed by atoms with Gasteiger partial charge >= 0.3 is 0 Å². The first kappa shape index (κ1) is 9.64. The fourth-order valence-electron chi connectivity index (χ4n) is 1.36. The minimum absolute atomic E-state index is 0.0310. The number of carbonyl (C=O) groups excluding carboxylic acids is 1. The Morgan fingerprint density at radius 1 is 1.53 bits per heavy atom. The molecule has 0 aromatic heterocycles. The van der Waals surface area contributed by atoms with Gasteiger partial charge in [0, 0.05) is 12.0 Å². The molecule has 5 heteroatoms. The largest absolute Gasteiger partial charge is 0.546 e. The summed E-state index contributed by atoms with van der Waals surface area (Å²) in [6, 6.07) is 6.00. The Hall–Kier alpha value is -1.91. The van der Waals surface area contributed by atoms with Gasteiger partial charge in [0.05, 0.1) is 11.7 Å². The lowest BCUT2D eigenvalue weighted by molar-refractivity contribution is -0.315. The first-order valence-corrected chi connectivity index (χ1v) is 4.37. The summed E-state index contributed by atoms with van der Waals surface area (Å²) in [5.74, 6) is -1.79. The van der Waals surface area contributed by atoms with Crippen molar-refractivity contribution in [1.82, 2.24) is 0 Å². The van der Waals surface area contributed by atoms with Gasteiger partial charge in [-0.3, -0.25) is 0 Å². The Morgan fingerprint density at radius 2 is 2.27 bits per heavy atom. The molecule has 1 aliphatic heterocycles. The van der Waals surface area contributed by atoms with Crippen molar-refractivity contribution >= 4 is 11.7 Å². The maximum absolute atomic E-state index is 13.3. The van der Waals surface area contributed by atoms with Crippen LogP contribution < -0.4 is 5.11 Å². The quantitative estimate of drug-likeness (QED) is 0.690. The molecule has 1 aromatic carbocycles. The van der Waals surface area contributed by atoms with Crippen LogP contribution in [0.1, 0.15) is 12.0 Å². The van der Waals surface area contributed by atoms with Crippen molar-refractivity contribution in [2.75, 3.05) is 0 Å². The number of carboxylic acids is 1. The van der Waals surface area contributed by atoms with Gasteiger partial charge in [0.25, 0.3) is 0 Å². The van der Waals surface area contributed by atoms with Gasteiger partial charge in [0.2, 0.25) is 0 Å². The van der Waals surface area contributed by atoms with E-state index in [1.54, 1.807) is 12.1 Å². The summed E-state index contributed by atoms with van der Waals surface area (Å²) >= 11 is 0. The van der Waals surface area contributed by atoms with Crippen LogP contribution in [0.3, 0.4) is 0 Å². The number of benzene rings is 1. The number of hydrogen-bond donors (Lipinski definition) is 0. The van der Waals surface area contributed by atoms with E-state index in [0.717, 1.165) is 0 Å². The molecule has 1 aromatic rings. The molecule has 0 spiro atoms. The smallest absolute Gasteiger partial charge is 0.172 e. The van der Waals surface area contributed by atoms with E-state index >= 15 is 0 Å². The fraction of sp³-hybridized carbons (Fsp3) is 0.200. The van der Waals surface area contributed by atoms with Crippen LogP contribution in [-0.2, 0) is 9.63 Å². The lowest BCUT2D eigenvalue weighted by Gasteiger charge is -2.07. The van der Waals surface area contributed by atoms with Crippen LogP contribution in [0.15, 0.2) is 29.4 Å². The molecule has 0 saturated heterocycles. The van der Waals surface area contributed by atoms with Gasteiger partial charge in [-0.25, -0.2) is 4.39 Å². The third-order valence-electron chi connectivity index (χ3n) is 2.12. The van der Waals surface area contributed by atoms with Crippen LogP contribution in [-0.4, -0.2) is 17.8 Å². The van der Waals surface area contributed by atoms with E-state index in [1.165, 1.54) is 12.1 Å². The predicted octanol–water partition coefficient (Wildman–Crippen LogP) is 0.0686. The molecule has 0 fully saturated rings. The van der Waals surface area contributed by atoms with Crippen molar-refractivity contribution in [2.24, 2.45) is 5.16 Å². The number of carbonyl (C=O) groups is 1. The minimum Gasteiger partial charge on any atom is -0.546 e. The van der Waals surface area contributed by atoms with Crippen LogP contribution in [0.25, 0.3) is 0 Å². The molecule has 1 atom stereocenters. The second-order valence-electron chi connectivity index (χ2n) is 3.14. The highest BCUT2D eigenvalue weighted by atomic mass is 19.1. The topological polar surface area (TPSA) is 61.7 Å². The highest BCUT2D eigenvalue weighted by Gasteiger charge is 2.24. The van der Waals surface area contributed by atoms with Crippen molar-refractivity contribution in [1.29, 1.82) is 0 Å². The molecule has 78 valence electrons. The Bertz CT molecular complexity index is 430. The molecule has 1 heterocycles. The fourth-order valence-corrected chi connectivity index (χ4v) is 1.36. The standard InChI is InChI=1S/C10H8FNO3/c11-7-4-2-1-3-6(7)8-5-9(10(13)14)15-12-8/h1-4,9H,5H2,(H,13,14)/p-1/t9-/m1/s1. The van der Waals surface area contributed by atoms with Crippen LogP contribution in [0.2, 0.25) is 0 Å². The van der Waals surface area contributed by atoms with E-state index in [-0.39, 0.29) is 12.0 Å². The highest BCUT2D eigenvalue weighted by molar-refractivity contribution is 6.03. The summed E-state index contributed by atoms with van der Waals surface area (Å²) in [5, 5.41) is 14.0. The zero-order chi connectivity index (χ0) is 10.8. The van der Waals surface area contributed by atoms with Crippen LogP contribution in [0, 0.1) is 5.82 Å². The number of rotatable bonds is 2. The average Bonchev–Trinajstić information content (AvgIpc) is 2.67. The minimum atomic E-state index is -1.34. The molecule has 0 N–H and O–H groups in total. The molecule has 0 bridgehead atoms. The van der Waals surface area contributed by atoms with Gasteiger partial charge in [-0.15, -0.1) is 0 Å². The molecule has 0 unspecified atom stereocenters. The number of nitrogens with zero attached hydrogens (tertiary/aromatic N) is 1. The van der Waals surface area contributed by atoms with Gasteiger partial charge in [-0.1, -0.05) is 23.4 Å². The molecule has 0 aliphatic carbocycles. The Balaban J connectivity index is 2.21. The summed E-state index contributed by atoms with van der Waals surface area (Å²) in [5.41, 5.74) is 0.559. The van der Waals surface area contributed by atoms with Crippen molar-refractivity contribution in [3.05, 3.63) is 35.6 Å². The highest BCUT2D eigenvalue weighted by Crippen LogP contribution is 2.18. The molecule has 15 heavy (non-hydrogen) atoms. The van der Waals surface area contributed by atoms with Crippen LogP contribution in [0.5, 0.6) is 0 Å². The first-order valence-electron chi connectivity index (χ1n) is 4.37. The maximum Gasteiger partial charge on any atom is 0.172 e.